The van der Waals surface area contributed by atoms with E-state index in [1.165, 1.54) is 0 Å². The van der Waals surface area contributed by atoms with Gasteiger partial charge in [-0.15, -0.1) is 0 Å². The fourth-order valence-electron chi connectivity index (χ4n) is 5.27. The van der Waals surface area contributed by atoms with Crippen molar-refractivity contribution in [2.45, 2.75) is 58.5 Å². The molecule has 1 N–H and O–H groups in total. The van der Waals surface area contributed by atoms with Gasteiger partial charge in [-0.2, -0.15) is 0 Å². The van der Waals surface area contributed by atoms with Crippen LogP contribution in [0, 0.1) is 10.8 Å². The van der Waals surface area contributed by atoms with Gasteiger partial charge in [0, 0.05) is 29.5 Å². The Kier molecular flexibility index (Phi) is 4.53. The molecule has 0 aromatic heterocycles. The van der Waals surface area contributed by atoms with E-state index in [1.54, 1.807) is 0 Å². The van der Waals surface area contributed by atoms with Gasteiger partial charge in [-0.05, 0) is 64.5 Å². The zero-order chi connectivity index (χ0) is 20.9. The first-order valence-electron chi connectivity index (χ1n) is 11.3. The van der Waals surface area contributed by atoms with Crippen molar-refractivity contribution < 1.29 is 14.3 Å². The Bertz CT molecular complexity index is 999. The Morgan fingerprint density at radius 1 is 0.933 bits per heavy atom. The molecule has 0 unspecified atom stereocenters. The first kappa shape index (κ1) is 19.4. The Hall–Kier alpha value is -2.56. The second-order valence-electron chi connectivity index (χ2n) is 9.44. The molecule has 0 radical (unpaired) electrons. The number of likely N-dealkylation sites (tertiary alicyclic amines) is 1. The number of rotatable bonds is 6. The van der Waals surface area contributed by atoms with Crippen LogP contribution in [0.25, 0.3) is 10.8 Å². The van der Waals surface area contributed by atoms with E-state index in [0.717, 1.165) is 73.8 Å². The van der Waals surface area contributed by atoms with Gasteiger partial charge in [-0.25, -0.2) is 0 Å². The average molecular weight is 407 g/mol. The van der Waals surface area contributed by atoms with Crippen LogP contribution in [-0.2, 0) is 9.59 Å². The predicted octanol–water partition coefficient (Wildman–Crippen LogP) is 4.75. The fourth-order valence-corrected chi connectivity index (χ4v) is 5.27. The number of carbonyl (C=O) groups is 2. The Balaban J connectivity index is 1.42. The quantitative estimate of drug-likeness (QED) is 0.753. The zero-order valence-electron chi connectivity index (χ0n) is 17.9. The highest BCUT2D eigenvalue weighted by Gasteiger charge is 2.73. The number of hydrogen-bond acceptors (Lipinski definition) is 3. The van der Waals surface area contributed by atoms with E-state index in [-0.39, 0.29) is 17.9 Å². The largest absolute Gasteiger partial charge is 0.490 e. The first-order chi connectivity index (χ1) is 14.5. The number of benzene rings is 2. The molecule has 2 amide bonds. The third-order valence-corrected chi connectivity index (χ3v) is 7.15. The normalized spacial score (nSPS) is 21.0. The monoisotopic (exact) mass is 406 g/mol. The average Bonchev–Trinajstić information content (AvgIpc) is 3.65. The molecule has 2 aromatic rings. The number of nitrogens with zero attached hydrogens (tertiary/aromatic N) is 1. The van der Waals surface area contributed by atoms with E-state index in [2.05, 4.69) is 5.32 Å². The number of nitrogens with one attached hydrogen (secondary N) is 1. The third-order valence-electron chi connectivity index (χ3n) is 7.15. The molecule has 2 saturated carbocycles. The Morgan fingerprint density at radius 2 is 1.57 bits per heavy atom. The van der Waals surface area contributed by atoms with E-state index in [4.69, 9.17) is 4.74 Å². The molecule has 158 valence electrons. The number of hydrogen-bond donors (Lipinski definition) is 1. The minimum atomic E-state index is -0.527. The lowest BCUT2D eigenvalue weighted by molar-refractivity contribution is -0.143. The van der Waals surface area contributed by atoms with Crippen LogP contribution in [0.15, 0.2) is 36.4 Å². The van der Waals surface area contributed by atoms with E-state index >= 15 is 0 Å². The Morgan fingerprint density at radius 3 is 2.17 bits per heavy atom. The van der Waals surface area contributed by atoms with Crippen LogP contribution >= 0.6 is 0 Å². The van der Waals surface area contributed by atoms with Gasteiger partial charge in [-0.1, -0.05) is 24.3 Å². The van der Waals surface area contributed by atoms with Crippen molar-refractivity contribution >= 4 is 28.3 Å². The number of ether oxygens (including phenoxy) is 1. The lowest BCUT2D eigenvalue weighted by atomic mass is 9.83. The molecule has 0 atom stereocenters. The summed E-state index contributed by atoms with van der Waals surface area (Å²) in [7, 11) is 0. The molecular formula is C25H30N2O3. The standard InChI is InChI=1S/C25H30N2O3/c1-17(2)30-21-10-9-20(18-7-3-4-8-19(18)21)26-22(28)24(11-12-24)25(13-14-25)23(29)27-15-5-6-16-27/h3-4,7-10,17H,5-6,11-16H2,1-2H3,(H,26,28). The second kappa shape index (κ2) is 7.00. The van der Waals surface area contributed by atoms with Crippen molar-refractivity contribution in [2.24, 2.45) is 10.8 Å². The van der Waals surface area contributed by atoms with Gasteiger partial charge in [0.2, 0.25) is 11.8 Å². The summed E-state index contributed by atoms with van der Waals surface area (Å²) < 4.78 is 5.96. The summed E-state index contributed by atoms with van der Waals surface area (Å²) in [5.41, 5.74) is -0.193. The van der Waals surface area contributed by atoms with Crippen molar-refractivity contribution in [1.29, 1.82) is 0 Å². The molecule has 1 aliphatic heterocycles. The van der Waals surface area contributed by atoms with Gasteiger partial charge >= 0.3 is 0 Å². The number of fused-ring (bicyclic) bond motifs is 1. The zero-order valence-corrected chi connectivity index (χ0v) is 17.9. The van der Waals surface area contributed by atoms with Crippen LogP contribution in [0.2, 0.25) is 0 Å². The van der Waals surface area contributed by atoms with E-state index in [9.17, 15) is 9.59 Å². The maximum absolute atomic E-state index is 13.5. The van der Waals surface area contributed by atoms with E-state index in [0.29, 0.717) is 0 Å². The summed E-state index contributed by atoms with van der Waals surface area (Å²) in [4.78, 5) is 28.8. The van der Waals surface area contributed by atoms with Crippen molar-refractivity contribution in [1.82, 2.24) is 4.90 Å². The Labute approximate surface area is 177 Å². The topological polar surface area (TPSA) is 58.6 Å². The van der Waals surface area contributed by atoms with Gasteiger partial charge in [0.25, 0.3) is 0 Å². The molecule has 5 heteroatoms. The number of anilines is 1. The molecule has 3 aliphatic rings. The number of amides is 2. The second-order valence-corrected chi connectivity index (χ2v) is 9.44. The summed E-state index contributed by atoms with van der Waals surface area (Å²) in [5, 5.41) is 5.15. The van der Waals surface area contributed by atoms with Gasteiger partial charge in [-0.3, -0.25) is 9.59 Å². The highest BCUT2D eigenvalue weighted by atomic mass is 16.5. The molecular weight excluding hydrogens is 376 g/mol. The van der Waals surface area contributed by atoms with Crippen molar-refractivity contribution in [3.63, 3.8) is 0 Å². The fraction of sp³-hybridized carbons (Fsp3) is 0.520. The molecule has 1 saturated heterocycles. The SMILES string of the molecule is CC(C)Oc1ccc(NC(=O)C2(C3(C(=O)N4CCCC4)CC3)CC2)c2ccccc12. The molecule has 2 aromatic carbocycles. The molecule has 5 rings (SSSR count). The summed E-state index contributed by atoms with van der Waals surface area (Å²) in [6.07, 6.45) is 5.55. The lowest BCUT2D eigenvalue weighted by Gasteiger charge is -2.29. The summed E-state index contributed by atoms with van der Waals surface area (Å²) >= 11 is 0. The maximum atomic E-state index is 13.5. The highest BCUT2D eigenvalue weighted by Crippen LogP contribution is 2.71. The minimum Gasteiger partial charge on any atom is -0.490 e. The van der Waals surface area contributed by atoms with E-state index in [1.807, 2.05) is 55.1 Å². The predicted molar refractivity (Wildman–Crippen MR) is 117 cm³/mol. The van der Waals surface area contributed by atoms with Crippen molar-refractivity contribution in [3.05, 3.63) is 36.4 Å². The summed E-state index contributed by atoms with van der Waals surface area (Å²) in [6, 6.07) is 11.9. The number of carbonyl (C=O) groups excluding carboxylic acids is 2. The van der Waals surface area contributed by atoms with Crippen LogP contribution in [0.5, 0.6) is 5.75 Å². The van der Waals surface area contributed by atoms with Crippen LogP contribution < -0.4 is 10.1 Å². The molecule has 1 heterocycles. The first-order valence-corrected chi connectivity index (χ1v) is 11.3. The molecule has 30 heavy (non-hydrogen) atoms. The molecule has 0 spiro atoms. The summed E-state index contributed by atoms with van der Waals surface area (Å²) in [5.74, 6) is 1.05. The van der Waals surface area contributed by atoms with Gasteiger partial charge < -0.3 is 15.0 Å². The van der Waals surface area contributed by atoms with Gasteiger partial charge in [0.05, 0.1) is 16.9 Å². The smallest absolute Gasteiger partial charge is 0.231 e. The molecule has 3 fully saturated rings. The minimum absolute atomic E-state index is 0.00947. The van der Waals surface area contributed by atoms with E-state index < -0.39 is 10.8 Å². The molecule has 0 bridgehead atoms. The van der Waals surface area contributed by atoms with Gasteiger partial charge in [0.1, 0.15) is 5.75 Å². The van der Waals surface area contributed by atoms with Crippen molar-refractivity contribution in [2.75, 3.05) is 18.4 Å². The van der Waals surface area contributed by atoms with Crippen LogP contribution in [0.4, 0.5) is 5.69 Å². The van der Waals surface area contributed by atoms with Gasteiger partial charge in [0.15, 0.2) is 0 Å². The van der Waals surface area contributed by atoms with Crippen LogP contribution in [0.3, 0.4) is 0 Å². The highest BCUT2D eigenvalue weighted by molar-refractivity contribution is 6.09. The molecule has 2 aliphatic carbocycles. The van der Waals surface area contributed by atoms with Crippen LogP contribution in [-0.4, -0.2) is 35.9 Å². The third kappa shape index (κ3) is 2.98. The maximum Gasteiger partial charge on any atom is 0.231 e. The molecule has 5 nitrogen and oxygen atoms in total. The van der Waals surface area contributed by atoms with Crippen molar-refractivity contribution in [3.8, 4) is 5.75 Å². The van der Waals surface area contributed by atoms with Crippen LogP contribution in [0.1, 0.15) is 52.4 Å². The summed E-state index contributed by atoms with van der Waals surface area (Å²) in [6.45, 7) is 5.71. The lowest BCUT2D eigenvalue weighted by Crippen LogP contribution is -2.44.